The van der Waals surface area contributed by atoms with Crippen LogP contribution in [0.25, 0.3) is 0 Å². The summed E-state index contributed by atoms with van der Waals surface area (Å²) in [6.07, 6.45) is 7.35. The summed E-state index contributed by atoms with van der Waals surface area (Å²) in [4.78, 5) is 0.260. The van der Waals surface area contributed by atoms with Crippen molar-refractivity contribution in [1.82, 2.24) is 14.1 Å². The van der Waals surface area contributed by atoms with E-state index in [9.17, 15) is 8.42 Å². The van der Waals surface area contributed by atoms with Crippen LogP contribution in [0.5, 0.6) is 0 Å². The third-order valence-corrected chi connectivity index (χ3v) is 5.71. The second-order valence-corrected chi connectivity index (χ2v) is 7.08. The minimum Gasteiger partial charge on any atom is -0.396 e. The Morgan fingerprint density at radius 1 is 1.45 bits per heavy atom. The largest absolute Gasteiger partial charge is 0.396 e. The van der Waals surface area contributed by atoms with Crippen LogP contribution in [0, 0.1) is 0 Å². The fourth-order valence-electron chi connectivity index (χ4n) is 2.67. The second-order valence-electron chi connectivity index (χ2n) is 5.19. The number of hydrogen-bond donors (Lipinski definition) is 1. The van der Waals surface area contributed by atoms with Gasteiger partial charge in [0.2, 0.25) is 10.0 Å². The molecule has 0 aromatic carbocycles. The Hall–Kier alpha value is -0.920. The molecule has 1 unspecified atom stereocenters. The molecule has 6 nitrogen and oxygen atoms in total. The van der Waals surface area contributed by atoms with Crippen LogP contribution in [0.3, 0.4) is 0 Å². The van der Waals surface area contributed by atoms with Crippen molar-refractivity contribution in [3.05, 3.63) is 12.4 Å². The molecule has 1 aromatic heterocycles. The third kappa shape index (κ3) is 3.21. The Balaban J connectivity index is 2.18. The van der Waals surface area contributed by atoms with Crippen LogP contribution in [-0.2, 0) is 16.6 Å². The number of rotatable bonds is 6. The fraction of sp³-hybridized carbons (Fsp3) is 0.769. The monoisotopic (exact) mass is 301 g/mol. The van der Waals surface area contributed by atoms with Crippen molar-refractivity contribution in [3.8, 4) is 0 Å². The summed E-state index contributed by atoms with van der Waals surface area (Å²) in [6, 6.07) is 0.106. The maximum atomic E-state index is 12.7. The Morgan fingerprint density at radius 2 is 2.25 bits per heavy atom. The van der Waals surface area contributed by atoms with E-state index in [1.165, 1.54) is 6.20 Å². The molecule has 0 bridgehead atoms. The van der Waals surface area contributed by atoms with Gasteiger partial charge in [-0.3, -0.25) is 4.68 Å². The molecule has 2 heterocycles. The van der Waals surface area contributed by atoms with Gasteiger partial charge in [0.1, 0.15) is 4.90 Å². The topological polar surface area (TPSA) is 75.4 Å². The SMILES string of the molecule is CCC1CCCCN1S(=O)(=O)c1cnn(CCCO)c1. The van der Waals surface area contributed by atoms with Gasteiger partial charge < -0.3 is 5.11 Å². The number of nitrogens with zero attached hydrogens (tertiary/aromatic N) is 3. The number of aliphatic hydroxyl groups excluding tert-OH is 1. The lowest BCUT2D eigenvalue weighted by Gasteiger charge is -2.33. The molecule has 1 aliphatic heterocycles. The van der Waals surface area contributed by atoms with Crippen molar-refractivity contribution in [2.24, 2.45) is 0 Å². The maximum Gasteiger partial charge on any atom is 0.246 e. The van der Waals surface area contributed by atoms with E-state index in [0.29, 0.717) is 19.5 Å². The highest BCUT2D eigenvalue weighted by Gasteiger charge is 2.33. The lowest BCUT2D eigenvalue weighted by molar-refractivity contribution is 0.246. The summed E-state index contributed by atoms with van der Waals surface area (Å²) >= 11 is 0. The van der Waals surface area contributed by atoms with Crippen LogP contribution in [0.4, 0.5) is 0 Å². The van der Waals surface area contributed by atoms with E-state index in [2.05, 4.69) is 5.10 Å². The summed E-state index contributed by atoms with van der Waals surface area (Å²) in [6.45, 7) is 3.24. The van der Waals surface area contributed by atoms with Crippen LogP contribution in [0.15, 0.2) is 17.3 Å². The smallest absolute Gasteiger partial charge is 0.246 e. The van der Waals surface area contributed by atoms with E-state index >= 15 is 0 Å². The predicted octanol–water partition coefficient (Wildman–Crippen LogP) is 1.22. The number of sulfonamides is 1. The van der Waals surface area contributed by atoms with Crippen molar-refractivity contribution in [2.75, 3.05) is 13.2 Å². The van der Waals surface area contributed by atoms with Crippen LogP contribution >= 0.6 is 0 Å². The molecule has 0 radical (unpaired) electrons. The predicted molar refractivity (Wildman–Crippen MR) is 75.8 cm³/mol. The summed E-state index contributed by atoms with van der Waals surface area (Å²) in [5, 5.41) is 12.9. The van der Waals surface area contributed by atoms with Gasteiger partial charge >= 0.3 is 0 Å². The Bertz CT molecular complexity index is 527. The maximum absolute atomic E-state index is 12.7. The first-order valence-corrected chi connectivity index (χ1v) is 8.68. The molecule has 0 saturated carbocycles. The average molecular weight is 301 g/mol. The highest BCUT2D eigenvalue weighted by molar-refractivity contribution is 7.89. The van der Waals surface area contributed by atoms with Crippen LogP contribution in [-0.4, -0.2) is 46.8 Å². The first-order valence-electron chi connectivity index (χ1n) is 7.24. The number of aliphatic hydroxyl groups is 1. The van der Waals surface area contributed by atoms with Crippen molar-refractivity contribution in [1.29, 1.82) is 0 Å². The van der Waals surface area contributed by atoms with Crippen molar-refractivity contribution < 1.29 is 13.5 Å². The molecule has 0 aliphatic carbocycles. The molecular formula is C13H23N3O3S. The molecule has 1 atom stereocenters. The lowest BCUT2D eigenvalue weighted by atomic mass is 10.0. The summed E-state index contributed by atoms with van der Waals surface area (Å²) < 4.78 is 28.5. The van der Waals surface area contributed by atoms with E-state index in [1.54, 1.807) is 15.2 Å². The molecule has 2 rings (SSSR count). The van der Waals surface area contributed by atoms with Gasteiger partial charge in [-0.25, -0.2) is 8.42 Å². The molecule has 1 saturated heterocycles. The van der Waals surface area contributed by atoms with E-state index in [4.69, 9.17) is 5.11 Å². The first kappa shape index (κ1) is 15.5. The van der Waals surface area contributed by atoms with E-state index < -0.39 is 10.0 Å². The highest BCUT2D eigenvalue weighted by Crippen LogP contribution is 2.26. The number of piperidine rings is 1. The van der Waals surface area contributed by atoms with Crippen molar-refractivity contribution >= 4 is 10.0 Å². The Kier molecular flexibility index (Phi) is 5.17. The summed E-state index contributed by atoms with van der Waals surface area (Å²) in [7, 11) is -3.44. The minimum atomic E-state index is -3.44. The van der Waals surface area contributed by atoms with Gasteiger partial charge in [0.05, 0.1) is 6.20 Å². The Labute approximate surface area is 120 Å². The molecule has 1 N–H and O–H groups in total. The zero-order valence-corrected chi connectivity index (χ0v) is 12.7. The van der Waals surface area contributed by atoms with Gasteiger partial charge in [-0.1, -0.05) is 13.3 Å². The molecule has 1 fully saturated rings. The highest BCUT2D eigenvalue weighted by atomic mass is 32.2. The minimum absolute atomic E-state index is 0.0754. The van der Waals surface area contributed by atoms with Gasteiger partial charge in [-0.2, -0.15) is 9.40 Å². The molecule has 114 valence electrons. The van der Waals surface area contributed by atoms with Crippen LogP contribution in [0.1, 0.15) is 39.0 Å². The molecular weight excluding hydrogens is 278 g/mol. The number of aryl methyl sites for hydroxylation is 1. The molecule has 0 spiro atoms. The van der Waals surface area contributed by atoms with Gasteiger partial charge in [0.15, 0.2) is 0 Å². The zero-order chi connectivity index (χ0) is 14.6. The van der Waals surface area contributed by atoms with Gasteiger partial charge in [-0.05, 0) is 25.7 Å². The fourth-order valence-corrected chi connectivity index (χ4v) is 4.39. The Morgan fingerprint density at radius 3 is 2.95 bits per heavy atom. The standard InChI is InChI=1S/C13H23N3O3S/c1-2-12-6-3-4-8-16(12)20(18,19)13-10-14-15(11-13)7-5-9-17/h10-12,17H,2-9H2,1H3. The van der Waals surface area contributed by atoms with Crippen molar-refractivity contribution in [2.45, 2.75) is 56.5 Å². The molecule has 1 aromatic rings. The number of hydrogen-bond acceptors (Lipinski definition) is 4. The second kappa shape index (κ2) is 6.69. The summed E-state index contributed by atoms with van der Waals surface area (Å²) in [5.41, 5.74) is 0. The number of aromatic nitrogens is 2. The molecule has 20 heavy (non-hydrogen) atoms. The van der Waals surface area contributed by atoms with Gasteiger partial charge in [0, 0.05) is 31.9 Å². The molecule has 7 heteroatoms. The first-order chi connectivity index (χ1) is 9.59. The van der Waals surface area contributed by atoms with Gasteiger partial charge in [0.25, 0.3) is 0 Å². The van der Waals surface area contributed by atoms with Crippen molar-refractivity contribution in [3.63, 3.8) is 0 Å². The zero-order valence-electron chi connectivity index (χ0n) is 11.9. The van der Waals surface area contributed by atoms with Crippen LogP contribution < -0.4 is 0 Å². The van der Waals surface area contributed by atoms with E-state index in [-0.39, 0.29) is 17.5 Å². The normalized spacial score (nSPS) is 21.2. The van der Waals surface area contributed by atoms with E-state index in [1.807, 2.05) is 6.92 Å². The van der Waals surface area contributed by atoms with E-state index in [0.717, 1.165) is 25.7 Å². The lowest BCUT2D eigenvalue weighted by Crippen LogP contribution is -2.43. The third-order valence-electron chi connectivity index (χ3n) is 3.81. The average Bonchev–Trinajstić information content (AvgIpc) is 2.94. The van der Waals surface area contributed by atoms with Crippen LogP contribution in [0.2, 0.25) is 0 Å². The summed E-state index contributed by atoms with van der Waals surface area (Å²) in [5.74, 6) is 0. The molecule has 0 amide bonds. The van der Waals surface area contributed by atoms with Gasteiger partial charge in [-0.15, -0.1) is 0 Å². The quantitative estimate of drug-likeness (QED) is 0.857. The molecule has 1 aliphatic rings.